The molecule has 0 radical (unpaired) electrons. The molecule has 0 saturated heterocycles. The summed E-state index contributed by atoms with van der Waals surface area (Å²) in [5.74, 6) is -0.391. The maximum Gasteiger partial charge on any atom is 0.338 e. The van der Waals surface area contributed by atoms with Gasteiger partial charge in [0, 0.05) is 12.7 Å². The molecule has 1 unspecified atom stereocenters. The number of nitrogens with zero attached hydrogens (tertiary/aromatic N) is 3. The third kappa shape index (κ3) is 2.73. The summed E-state index contributed by atoms with van der Waals surface area (Å²) in [5.41, 5.74) is 1.75. The molecule has 0 fully saturated rings. The van der Waals surface area contributed by atoms with Crippen molar-refractivity contribution in [1.82, 2.24) is 25.6 Å². The number of thiocarbonyl (C=S) groups is 1. The van der Waals surface area contributed by atoms with Gasteiger partial charge in [-0.2, -0.15) is 0 Å². The summed E-state index contributed by atoms with van der Waals surface area (Å²) < 4.78 is 6.64. The SMILES string of the molecule is CCOC(=O)C1=C(C)NC(=S)NC1c1cn(C)nn1. The molecule has 2 rings (SSSR count). The van der Waals surface area contributed by atoms with Crippen LogP contribution in [0.15, 0.2) is 17.5 Å². The van der Waals surface area contributed by atoms with Crippen molar-refractivity contribution in [2.75, 3.05) is 6.61 Å². The standard InChI is InChI=1S/C11H15N5O2S/c1-4-18-10(17)8-6(2)12-11(19)13-9(8)7-5-16(3)15-14-7/h5,9H,4H2,1-3H3,(H2,12,13,19). The molecule has 1 atom stereocenters. The van der Waals surface area contributed by atoms with E-state index in [1.54, 1.807) is 31.8 Å². The summed E-state index contributed by atoms with van der Waals surface area (Å²) in [6.45, 7) is 3.86. The van der Waals surface area contributed by atoms with Crippen LogP contribution in [-0.4, -0.2) is 32.7 Å². The van der Waals surface area contributed by atoms with Crippen LogP contribution in [0.2, 0.25) is 0 Å². The summed E-state index contributed by atoms with van der Waals surface area (Å²) in [7, 11) is 1.76. The predicted molar refractivity (Wildman–Crippen MR) is 71.9 cm³/mol. The lowest BCUT2D eigenvalue weighted by Gasteiger charge is -2.28. The van der Waals surface area contributed by atoms with Gasteiger partial charge in [0.15, 0.2) is 5.11 Å². The van der Waals surface area contributed by atoms with Crippen LogP contribution in [-0.2, 0) is 16.6 Å². The number of hydrogen-bond acceptors (Lipinski definition) is 5. The van der Waals surface area contributed by atoms with Crippen LogP contribution in [0, 0.1) is 0 Å². The average Bonchev–Trinajstić information content (AvgIpc) is 2.75. The minimum Gasteiger partial charge on any atom is -0.463 e. The molecular formula is C11H15N5O2S. The second-order valence-corrected chi connectivity index (χ2v) is 4.52. The number of allylic oxidation sites excluding steroid dienone is 1. The van der Waals surface area contributed by atoms with E-state index < -0.39 is 12.0 Å². The van der Waals surface area contributed by atoms with E-state index >= 15 is 0 Å². The lowest BCUT2D eigenvalue weighted by molar-refractivity contribution is -0.139. The van der Waals surface area contributed by atoms with Crippen LogP contribution >= 0.6 is 12.2 Å². The van der Waals surface area contributed by atoms with Crippen LogP contribution < -0.4 is 10.6 Å². The molecule has 0 aliphatic carbocycles. The minimum absolute atomic E-state index is 0.313. The number of nitrogens with one attached hydrogen (secondary N) is 2. The van der Waals surface area contributed by atoms with Crippen LogP contribution in [0.4, 0.5) is 0 Å². The van der Waals surface area contributed by atoms with Gasteiger partial charge in [-0.25, -0.2) is 4.79 Å². The maximum atomic E-state index is 12.0. The Kier molecular flexibility index (Phi) is 3.79. The van der Waals surface area contributed by atoms with Crippen molar-refractivity contribution < 1.29 is 9.53 Å². The highest BCUT2D eigenvalue weighted by Gasteiger charge is 2.32. The zero-order valence-electron chi connectivity index (χ0n) is 10.9. The Bertz CT molecular complexity index is 551. The summed E-state index contributed by atoms with van der Waals surface area (Å²) in [6.07, 6.45) is 1.73. The van der Waals surface area contributed by atoms with Gasteiger partial charge in [0.1, 0.15) is 11.7 Å². The molecule has 1 aliphatic rings. The lowest BCUT2D eigenvalue weighted by atomic mass is 10.0. The zero-order chi connectivity index (χ0) is 14.0. The highest BCUT2D eigenvalue weighted by molar-refractivity contribution is 7.80. The van der Waals surface area contributed by atoms with Crippen molar-refractivity contribution in [3.63, 3.8) is 0 Å². The Hall–Kier alpha value is -1.96. The normalized spacial score (nSPS) is 18.9. The summed E-state index contributed by atoms with van der Waals surface area (Å²) in [6, 6.07) is -0.443. The largest absolute Gasteiger partial charge is 0.463 e. The van der Waals surface area contributed by atoms with Gasteiger partial charge in [-0.3, -0.25) is 4.68 Å². The van der Waals surface area contributed by atoms with Gasteiger partial charge in [0.2, 0.25) is 0 Å². The van der Waals surface area contributed by atoms with E-state index in [4.69, 9.17) is 17.0 Å². The average molecular weight is 281 g/mol. The van der Waals surface area contributed by atoms with E-state index in [-0.39, 0.29) is 0 Å². The van der Waals surface area contributed by atoms with E-state index in [2.05, 4.69) is 20.9 Å². The maximum absolute atomic E-state index is 12.0. The smallest absolute Gasteiger partial charge is 0.338 e. The van der Waals surface area contributed by atoms with Gasteiger partial charge in [-0.1, -0.05) is 5.21 Å². The number of rotatable bonds is 3. The first-order valence-corrected chi connectivity index (χ1v) is 6.25. The monoisotopic (exact) mass is 281 g/mol. The van der Waals surface area contributed by atoms with E-state index in [9.17, 15) is 4.79 Å². The van der Waals surface area contributed by atoms with Gasteiger partial charge >= 0.3 is 5.97 Å². The predicted octanol–water partition coefficient (Wildman–Crippen LogP) is 0.171. The van der Waals surface area contributed by atoms with E-state index in [1.165, 1.54) is 0 Å². The number of ether oxygens (including phenoxy) is 1. The molecule has 1 aromatic heterocycles. The molecule has 0 aromatic carbocycles. The van der Waals surface area contributed by atoms with Gasteiger partial charge in [-0.15, -0.1) is 5.10 Å². The fraction of sp³-hybridized carbons (Fsp3) is 0.455. The van der Waals surface area contributed by atoms with E-state index in [1.807, 2.05) is 0 Å². The van der Waals surface area contributed by atoms with Gasteiger partial charge < -0.3 is 15.4 Å². The molecule has 0 saturated carbocycles. The van der Waals surface area contributed by atoms with Gasteiger partial charge in [0.25, 0.3) is 0 Å². The number of esters is 1. The second-order valence-electron chi connectivity index (χ2n) is 4.11. The third-order valence-electron chi connectivity index (χ3n) is 2.68. The van der Waals surface area contributed by atoms with Gasteiger partial charge in [0.05, 0.1) is 18.4 Å². The lowest BCUT2D eigenvalue weighted by Crippen LogP contribution is -2.45. The third-order valence-corrected chi connectivity index (χ3v) is 2.90. The minimum atomic E-state index is -0.443. The molecule has 7 nitrogen and oxygen atoms in total. The van der Waals surface area contributed by atoms with Crippen LogP contribution in [0.1, 0.15) is 25.6 Å². The second kappa shape index (κ2) is 5.35. The summed E-state index contributed by atoms with van der Waals surface area (Å²) in [4.78, 5) is 12.0. The first kappa shape index (κ1) is 13.5. The fourth-order valence-electron chi connectivity index (χ4n) is 1.89. The number of aromatic nitrogens is 3. The number of carbonyl (C=O) groups is 1. The Morgan fingerprint density at radius 2 is 2.37 bits per heavy atom. The Labute approximate surface area is 116 Å². The van der Waals surface area contributed by atoms with Crippen LogP contribution in [0.5, 0.6) is 0 Å². The number of carbonyl (C=O) groups excluding carboxylic acids is 1. The van der Waals surface area contributed by atoms with Crippen molar-refractivity contribution in [2.24, 2.45) is 7.05 Å². The first-order chi connectivity index (χ1) is 9.02. The molecule has 19 heavy (non-hydrogen) atoms. The molecule has 0 bridgehead atoms. The van der Waals surface area contributed by atoms with Crippen molar-refractivity contribution in [1.29, 1.82) is 0 Å². The van der Waals surface area contributed by atoms with E-state index in [0.717, 1.165) is 0 Å². The molecule has 1 aliphatic heterocycles. The number of aryl methyl sites for hydroxylation is 1. The highest BCUT2D eigenvalue weighted by atomic mass is 32.1. The fourth-order valence-corrected chi connectivity index (χ4v) is 2.16. The van der Waals surface area contributed by atoms with Crippen molar-refractivity contribution >= 4 is 23.3 Å². The molecule has 8 heteroatoms. The molecule has 102 valence electrons. The van der Waals surface area contributed by atoms with Crippen LogP contribution in [0.3, 0.4) is 0 Å². The Balaban J connectivity index is 2.40. The number of hydrogen-bond donors (Lipinski definition) is 2. The Morgan fingerprint density at radius 3 is 2.95 bits per heavy atom. The molecule has 2 N–H and O–H groups in total. The van der Waals surface area contributed by atoms with Crippen molar-refractivity contribution in [3.8, 4) is 0 Å². The van der Waals surface area contributed by atoms with Crippen molar-refractivity contribution in [2.45, 2.75) is 19.9 Å². The van der Waals surface area contributed by atoms with E-state index in [0.29, 0.717) is 28.7 Å². The zero-order valence-corrected chi connectivity index (χ0v) is 11.7. The summed E-state index contributed by atoms with van der Waals surface area (Å²) >= 11 is 5.11. The van der Waals surface area contributed by atoms with Crippen LogP contribution in [0.25, 0.3) is 0 Å². The molecule has 0 amide bonds. The molecular weight excluding hydrogens is 266 g/mol. The van der Waals surface area contributed by atoms with Gasteiger partial charge in [-0.05, 0) is 26.1 Å². The molecule has 1 aromatic rings. The topological polar surface area (TPSA) is 81.1 Å². The molecule has 2 heterocycles. The highest BCUT2D eigenvalue weighted by Crippen LogP contribution is 2.25. The summed E-state index contributed by atoms with van der Waals surface area (Å²) in [5, 5.41) is 14.3. The Morgan fingerprint density at radius 1 is 1.63 bits per heavy atom. The first-order valence-electron chi connectivity index (χ1n) is 5.84. The quantitative estimate of drug-likeness (QED) is 0.604. The molecule has 0 spiro atoms. The van der Waals surface area contributed by atoms with Crippen molar-refractivity contribution in [3.05, 3.63) is 23.2 Å².